The summed E-state index contributed by atoms with van der Waals surface area (Å²) in [6.45, 7) is 0. The minimum Gasteiger partial charge on any atom is -0.506 e. The molecule has 0 amide bonds. The highest BCUT2D eigenvalue weighted by atomic mass is 19.1. The Morgan fingerprint density at radius 3 is 2.36 bits per heavy atom. The predicted molar refractivity (Wildman–Crippen MR) is 79.4 cm³/mol. The lowest BCUT2D eigenvalue weighted by Gasteiger charge is -2.00. The first-order valence-electron chi connectivity index (χ1n) is 6.44. The summed E-state index contributed by atoms with van der Waals surface area (Å²) >= 11 is 0. The van der Waals surface area contributed by atoms with Crippen molar-refractivity contribution in [3.8, 4) is 6.07 Å². The van der Waals surface area contributed by atoms with E-state index in [0.717, 1.165) is 0 Å². The molecule has 1 aliphatic carbocycles. The number of aliphatic hydroxyl groups excluding tert-OH is 1. The average molecular weight is 292 g/mol. The van der Waals surface area contributed by atoms with Crippen LogP contribution in [0.25, 0.3) is 5.76 Å². The fourth-order valence-electron chi connectivity index (χ4n) is 2.28. The molecule has 0 aliphatic heterocycles. The average Bonchev–Trinajstić information content (AvgIpc) is 2.79. The maximum Gasteiger partial charge on any atom is 0.200 e. The van der Waals surface area contributed by atoms with Gasteiger partial charge < -0.3 is 5.11 Å². The van der Waals surface area contributed by atoms with Gasteiger partial charge in [0.05, 0.1) is 0 Å². The fraction of sp³-hybridized carbons (Fsp3) is 0. The Labute approximate surface area is 125 Å². The molecule has 1 aliphatic rings. The number of ketones is 1. The number of allylic oxidation sites excluding steroid dienone is 1. The molecule has 0 heterocycles. The second kappa shape index (κ2) is 5.26. The summed E-state index contributed by atoms with van der Waals surface area (Å²) in [5.41, 5.74) is 0.0596. The van der Waals surface area contributed by atoms with Gasteiger partial charge in [-0.1, -0.05) is 36.4 Å². The summed E-state index contributed by atoms with van der Waals surface area (Å²) in [5.74, 6) is -1.42. The van der Waals surface area contributed by atoms with E-state index in [4.69, 9.17) is 0 Å². The summed E-state index contributed by atoms with van der Waals surface area (Å²) < 4.78 is 13.7. The van der Waals surface area contributed by atoms with Crippen LogP contribution in [0.2, 0.25) is 0 Å². The number of aliphatic imine (C=N–C) groups is 1. The molecule has 1 N–H and O–H groups in total. The first-order valence-corrected chi connectivity index (χ1v) is 6.44. The first-order chi connectivity index (χ1) is 10.6. The highest BCUT2D eigenvalue weighted by molar-refractivity contribution is 6.39. The Balaban J connectivity index is 2.15. The van der Waals surface area contributed by atoms with E-state index in [1.807, 2.05) is 0 Å². The summed E-state index contributed by atoms with van der Waals surface area (Å²) in [4.78, 5) is 16.2. The zero-order valence-electron chi connectivity index (χ0n) is 11.2. The Kier molecular flexibility index (Phi) is 3.28. The van der Waals surface area contributed by atoms with Gasteiger partial charge in [-0.05, 0) is 12.1 Å². The molecule has 0 atom stereocenters. The fourth-order valence-corrected chi connectivity index (χ4v) is 2.28. The Morgan fingerprint density at radius 2 is 1.73 bits per heavy atom. The van der Waals surface area contributed by atoms with Gasteiger partial charge in [0.25, 0.3) is 0 Å². The van der Waals surface area contributed by atoms with Gasteiger partial charge in [0, 0.05) is 11.1 Å². The molecule has 22 heavy (non-hydrogen) atoms. The minimum absolute atomic E-state index is 0.0666. The number of para-hydroxylation sites is 1. The standard InChI is InChI=1S/C17H9FN2O2/c18-12-7-3-4-8-13(12)20-14(9-19)15-16(21)10-5-1-2-6-11(10)17(15)22/h1-8,21H. The van der Waals surface area contributed by atoms with Crippen molar-refractivity contribution in [1.29, 1.82) is 5.26 Å². The molecule has 4 nitrogen and oxygen atoms in total. The number of benzene rings is 2. The number of nitrogens with zero attached hydrogens (tertiary/aromatic N) is 2. The maximum atomic E-state index is 13.7. The summed E-state index contributed by atoms with van der Waals surface area (Å²) in [5, 5.41) is 19.4. The molecular formula is C17H9FN2O2. The van der Waals surface area contributed by atoms with Crippen LogP contribution in [0.1, 0.15) is 15.9 Å². The molecule has 2 aromatic rings. The molecule has 2 aromatic carbocycles. The second-order valence-electron chi connectivity index (χ2n) is 4.62. The summed E-state index contributed by atoms with van der Waals surface area (Å²) in [6.07, 6.45) is 0. The van der Waals surface area contributed by atoms with Crippen LogP contribution in [0.4, 0.5) is 10.1 Å². The van der Waals surface area contributed by atoms with Gasteiger partial charge in [-0.2, -0.15) is 5.26 Å². The zero-order chi connectivity index (χ0) is 15.7. The molecule has 0 aromatic heterocycles. The molecule has 3 rings (SSSR count). The van der Waals surface area contributed by atoms with Gasteiger partial charge in [0.15, 0.2) is 11.5 Å². The van der Waals surface area contributed by atoms with Crippen molar-refractivity contribution >= 4 is 22.9 Å². The molecule has 0 saturated heterocycles. The van der Waals surface area contributed by atoms with Gasteiger partial charge in [0.1, 0.15) is 28.9 Å². The van der Waals surface area contributed by atoms with Crippen LogP contribution in [-0.2, 0) is 0 Å². The Bertz CT molecular complexity index is 892. The number of hydrogen-bond donors (Lipinski definition) is 1. The van der Waals surface area contributed by atoms with E-state index in [0.29, 0.717) is 11.1 Å². The Hall–Kier alpha value is -3.26. The largest absolute Gasteiger partial charge is 0.506 e. The first kappa shape index (κ1) is 13.7. The van der Waals surface area contributed by atoms with Crippen molar-refractivity contribution < 1.29 is 14.3 Å². The van der Waals surface area contributed by atoms with Gasteiger partial charge in [0.2, 0.25) is 0 Å². The molecule has 0 fully saturated rings. The molecule has 106 valence electrons. The van der Waals surface area contributed by atoms with Crippen LogP contribution in [0.5, 0.6) is 0 Å². The van der Waals surface area contributed by atoms with Crippen LogP contribution < -0.4 is 0 Å². The van der Waals surface area contributed by atoms with Crippen LogP contribution in [0.15, 0.2) is 59.1 Å². The van der Waals surface area contributed by atoms with E-state index in [-0.39, 0.29) is 22.7 Å². The third kappa shape index (κ3) is 2.07. The number of nitriles is 1. The molecule has 5 heteroatoms. The summed E-state index contributed by atoms with van der Waals surface area (Å²) in [6, 6.07) is 13.9. The minimum atomic E-state index is -0.613. The van der Waals surface area contributed by atoms with Crippen LogP contribution >= 0.6 is 0 Å². The highest BCUT2D eigenvalue weighted by Gasteiger charge is 2.32. The van der Waals surface area contributed by atoms with Crippen LogP contribution in [0, 0.1) is 17.1 Å². The topological polar surface area (TPSA) is 73.4 Å². The van der Waals surface area contributed by atoms with E-state index in [2.05, 4.69) is 4.99 Å². The molecule has 0 bridgehead atoms. The van der Waals surface area contributed by atoms with E-state index >= 15 is 0 Å². The SMILES string of the molecule is N#CC(=Nc1ccccc1F)C1=C(O)c2ccccc2C1=O. The number of fused-ring (bicyclic) bond motifs is 1. The van der Waals surface area contributed by atoms with E-state index in [9.17, 15) is 19.6 Å². The van der Waals surface area contributed by atoms with Gasteiger partial charge >= 0.3 is 0 Å². The lowest BCUT2D eigenvalue weighted by Crippen LogP contribution is -2.09. The zero-order valence-corrected chi connectivity index (χ0v) is 11.2. The molecular weight excluding hydrogens is 283 g/mol. The number of Topliss-reactive ketones (excluding diaryl/α,β-unsaturated/α-hetero) is 1. The van der Waals surface area contributed by atoms with Gasteiger partial charge in [-0.3, -0.25) is 4.79 Å². The summed E-state index contributed by atoms with van der Waals surface area (Å²) in [7, 11) is 0. The smallest absolute Gasteiger partial charge is 0.200 e. The third-order valence-electron chi connectivity index (χ3n) is 3.32. The monoisotopic (exact) mass is 292 g/mol. The van der Waals surface area contributed by atoms with E-state index < -0.39 is 11.6 Å². The predicted octanol–water partition coefficient (Wildman–Crippen LogP) is 3.59. The van der Waals surface area contributed by atoms with Gasteiger partial charge in [-0.25, -0.2) is 9.38 Å². The van der Waals surface area contributed by atoms with Crippen LogP contribution in [0.3, 0.4) is 0 Å². The number of carbonyl (C=O) groups excluding carboxylic acids is 1. The van der Waals surface area contributed by atoms with Crippen molar-refractivity contribution in [3.63, 3.8) is 0 Å². The number of carbonyl (C=O) groups is 1. The molecule has 0 unspecified atom stereocenters. The van der Waals surface area contributed by atoms with E-state index in [1.54, 1.807) is 36.4 Å². The van der Waals surface area contributed by atoms with Crippen molar-refractivity contribution in [2.24, 2.45) is 4.99 Å². The van der Waals surface area contributed by atoms with Crippen molar-refractivity contribution in [2.45, 2.75) is 0 Å². The van der Waals surface area contributed by atoms with Crippen molar-refractivity contribution in [2.75, 3.05) is 0 Å². The molecule has 0 saturated carbocycles. The van der Waals surface area contributed by atoms with Crippen LogP contribution in [-0.4, -0.2) is 16.6 Å². The quantitative estimate of drug-likeness (QED) is 0.860. The van der Waals surface area contributed by atoms with Crippen molar-refractivity contribution in [1.82, 2.24) is 0 Å². The normalized spacial score (nSPS) is 14.0. The Morgan fingerprint density at radius 1 is 1.09 bits per heavy atom. The number of rotatable bonds is 2. The van der Waals surface area contributed by atoms with Gasteiger partial charge in [-0.15, -0.1) is 0 Å². The number of aliphatic hydroxyl groups is 1. The van der Waals surface area contributed by atoms with Crippen molar-refractivity contribution in [3.05, 3.63) is 71.0 Å². The second-order valence-corrected chi connectivity index (χ2v) is 4.62. The molecule has 0 spiro atoms. The lowest BCUT2D eigenvalue weighted by atomic mass is 10.1. The number of hydrogen-bond acceptors (Lipinski definition) is 4. The highest BCUT2D eigenvalue weighted by Crippen LogP contribution is 2.32. The third-order valence-corrected chi connectivity index (χ3v) is 3.32. The lowest BCUT2D eigenvalue weighted by molar-refractivity contribution is 0.104. The van der Waals surface area contributed by atoms with E-state index in [1.165, 1.54) is 18.2 Å². The number of halogens is 1. The maximum absolute atomic E-state index is 13.7. The molecule has 0 radical (unpaired) electrons.